The Balaban J connectivity index is 1.68. The first-order valence-electron chi connectivity index (χ1n) is 7.90. The Morgan fingerprint density at radius 3 is 2.96 bits per heavy atom. The van der Waals surface area contributed by atoms with Gasteiger partial charge in [-0.15, -0.1) is 0 Å². The fourth-order valence-corrected chi connectivity index (χ4v) is 3.05. The van der Waals surface area contributed by atoms with Gasteiger partial charge in [0.1, 0.15) is 11.4 Å². The van der Waals surface area contributed by atoms with E-state index in [1.54, 1.807) is 13.2 Å². The molecule has 1 heterocycles. The number of methoxy groups -OCH3 is 1. The maximum atomic E-state index is 12.3. The van der Waals surface area contributed by atoms with Crippen LogP contribution in [0.5, 0.6) is 5.75 Å². The van der Waals surface area contributed by atoms with Crippen LogP contribution in [-0.2, 0) is 0 Å². The molecule has 0 saturated heterocycles. The predicted molar refractivity (Wildman–Crippen MR) is 87.6 cm³/mol. The minimum absolute atomic E-state index is 0.0718. The molecule has 1 aromatic heterocycles. The van der Waals surface area contributed by atoms with E-state index in [0.29, 0.717) is 24.2 Å². The second-order valence-electron chi connectivity index (χ2n) is 6.05. The Kier molecular flexibility index (Phi) is 4.82. The largest absolute Gasteiger partial charge is 0.497 e. The topological polar surface area (TPSA) is 107 Å². The zero-order chi connectivity index (χ0) is 17.1. The van der Waals surface area contributed by atoms with Crippen LogP contribution in [0.3, 0.4) is 0 Å². The molecule has 2 aromatic rings. The van der Waals surface area contributed by atoms with E-state index in [-0.39, 0.29) is 24.5 Å². The molecule has 1 fully saturated rings. The van der Waals surface area contributed by atoms with Crippen LogP contribution >= 0.6 is 0 Å². The molecule has 1 aliphatic rings. The Labute approximate surface area is 139 Å². The number of benzene rings is 1. The van der Waals surface area contributed by atoms with Crippen LogP contribution in [0.4, 0.5) is 0 Å². The van der Waals surface area contributed by atoms with Gasteiger partial charge in [-0.1, -0.05) is 12.1 Å². The molecule has 3 rings (SSSR count). The lowest BCUT2D eigenvalue weighted by Gasteiger charge is -2.11. The van der Waals surface area contributed by atoms with Gasteiger partial charge in [0.25, 0.3) is 5.91 Å². The summed E-state index contributed by atoms with van der Waals surface area (Å²) in [7, 11) is 1.60. The van der Waals surface area contributed by atoms with Gasteiger partial charge < -0.3 is 20.3 Å². The molecule has 0 unspecified atom stereocenters. The summed E-state index contributed by atoms with van der Waals surface area (Å²) < 4.78 is 5.19. The summed E-state index contributed by atoms with van der Waals surface area (Å²) in [6.45, 7) is -0.0718. The lowest BCUT2D eigenvalue weighted by molar-refractivity contribution is 0.0902. The molecule has 1 aromatic carbocycles. The number of aromatic amines is 1. The van der Waals surface area contributed by atoms with E-state index in [4.69, 9.17) is 4.74 Å². The molecule has 1 saturated carbocycles. The number of rotatable bonds is 5. The number of hydrogen-bond acceptors (Lipinski definition) is 5. The predicted octanol–water partition coefficient (Wildman–Crippen LogP) is 0.947. The zero-order valence-corrected chi connectivity index (χ0v) is 13.4. The Bertz CT molecular complexity index is 715. The van der Waals surface area contributed by atoms with Gasteiger partial charge in [0.05, 0.1) is 18.9 Å². The van der Waals surface area contributed by atoms with Crippen LogP contribution in [-0.4, -0.2) is 52.2 Å². The van der Waals surface area contributed by atoms with E-state index >= 15 is 0 Å². The summed E-state index contributed by atoms with van der Waals surface area (Å²) in [6, 6.07) is 8.97. The lowest BCUT2D eigenvalue weighted by Crippen LogP contribution is -2.33. The monoisotopic (exact) mass is 331 g/mol. The number of H-pyrrole nitrogens is 1. The van der Waals surface area contributed by atoms with Crippen molar-refractivity contribution in [3.8, 4) is 17.0 Å². The third kappa shape index (κ3) is 3.42. The molecule has 1 aliphatic carbocycles. The van der Waals surface area contributed by atoms with Crippen LogP contribution < -0.4 is 10.1 Å². The number of carbonyl (C=O) groups excluding carboxylic acids is 1. The number of aromatic nitrogens is 2. The first-order chi connectivity index (χ1) is 11.6. The normalized spacial score (nSPS) is 23.2. The average molecular weight is 331 g/mol. The number of ether oxygens (including phenoxy) is 1. The van der Waals surface area contributed by atoms with Gasteiger partial charge in [-0.05, 0) is 31.0 Å². The van der Waals surface area contributed by atoms with Gasteiger partial charge in [0.15, 0.2) is 0 Å². The minimum Gasteiger partial charge on any atom is -0.497 e. The molecule has 1 amide bonds. The van der Waals surface area contributed by atoms with Crippen molar-refractivity contribution in [2.75, 3.05) is 13.7 Å². The van der Waals surface area contributed by atoms with E-state index < -0.39 is 6.10 Å². The van der Waals surface area contributed by atoms with Crippen LogP contribution in [0.1, 0.15) is 23.3 Å². The standard InChI is InChI=1S/C17H21N3O4/c1-24-13-4-2-3-10(6-13)14-8-15(20-19-14)17(23)18-12-5-11(9-21)16(22)7-12/h2-4,6,8,11-12,16,21-22H,5,7,9H2,1H3,(H,18,23)(H,19,20)/t11-,12-,16-/m1/s1. The molecule has 0 radical (unpaired) electrons. The summed E-state index contributed by atoms with van der Waals surface area (Å²) in [5.74, 6) is 0.272. The second kappa shape index (κ2) is 7.02. The molecule has 128 valence electrons. The van der Waals surface area contributed by atoms with Crippen LogP contribution in [0.25, 0.3) is 11.3 Å². The van der Waals surface area contributed by atoms with E-state index in [1.165, 1.54) is 0 Å². The van der Waals surface area contributed by atoms with Crippen molar-refractivity contribution in [3.63, 3.8) is 0 Å². The molecule has 7 nitrogen and oxygen atoms in total. The highest BCUT2D eigenvalue weighted by atomic mass is 16.5. The molecular weight excluding hydrogens is 310 g/mol. The Morgan fingerprint density at radius 1 is 1.42 bits per heavy atom. The molecular formula is C17H21N3O4. The van der Waals surface area contributed by atoms with Crippen LogP contribution in [0.2, 0.25) is 0 Å². The number of hydrogen-bond donors (Lipinski definition) is 4. The van der Waals surface area contributed by atoms with Crippen molar-refractivity contribution < 1.29 is 19.7 Å². The third-order valence-electron chi connectivity index (χ3n) is 4.42. The molecule has 7 heteroatoms. The van der Waals surface area contributed by atoms with Gasteiger partial charge >= 0.3 is 0 Å². The minimum atomic E-state index is -0.575. The van der Waals surface area contributed by atoms with E-state index in [0.717, 1.165) is 11.3 Å². The summed E-state index contributed by atoms with van der Waals surface area (Å²) in [5.41, 5.74) is 1.86. The highest BCUT2D eigenvalue weighted by molar-refractivity contribution is 5.93. The number of nitrogens with zero attached hydrogens (tertiary/aromatic N) is 1. The van der Waals surface area contributed by atoms with Crippen molar-refractivity contribution in [2.24, 2.45) is 5.92 Å². The van der Waals surface area contributed by atoms with Crippen LogP contribution in [0.15, 0.2) is 30.3 Å². The first kappa shape index (κ1) is 16.5. The quantitative estimate of drug-likeness (QED) is 0.652. The molecule has 0 spiro atoms. The smallest absolute Gasteiger partial charge is 0.269 e. The number of carbonyl (C=O) groups is 1. The lowest BCUT2D eigenvalue weighted by atomic mass is 10.1. The summed E-state index contributed by atoms with van der Waals surface area (Å²) in [5, 5.41) is 28.8. The number of amides is 1. The van der Waals surface area contributed by atoms with Gasteiger partial charge in [-0.25, -0.2) is 0 Å². The van der Waals surface area contributed by atoms with Crippen molar-refractivity contribution in [3.05, 3.63) is 36.0 Å². The van der Waals surface area contributed by atoms with E-state index in [1.807, 2.05) is 24.3 Å². The van der Waals surface area contributed by atoms with Gasteiger partial charge in [-0.3, -0.25) is 9.89 Å². The van der Waals surface area contributed by atoms with Crippen molar-refractivity contribution >= 4 is 5.91 Å². The van der Waals surface area contributed by atoms with E-state index in [9.17, 15) is 15.0 Å². The summed E-state index contributed by atoms with van der Waals surface area (Å²) in [4.78, 5) is 12.3. The number of aliphatic hydroxyl groups excluding tert-OH is 2. The van der Waals surface area contributed by atoms with Gasteiger partial charge in [0, 0.05) is 24.1 Å². The van der Waals surface area contributed by atoms with Crippen molar-refractivity contribution in [1.29, 1.82) is 0 Å². The molecule has 0 bridgehead atoms. The third-order valence-corrected chi connectivity index (χ3v) is 4.42. The van der Waals surface area contributed by atoms with Gasteiger partial charge in [-0.2, -0.15) is 5.10 Å². The van der Waals surface area contributed by atoms with Crippen molar-refractivity contribution in [2.45, 2.75) is 25.0 Å². The van der Waals surface area contributed by atoms with Gasteiger partial charge in [0.2, 0.25) is 0 Å². The fourth-order valence-electron chi connectivity index (χ4n) is 3.05. The second-order valence-corrected chi connectivity index (χ2v) is 6.05. The fraction of sp³-hybridized carbons (Fsp3) is 0.412. The highest BCUT2D eigenvalue weighted by Gasteiger charge is 2.33. The zero-order valence-electron chi connectivity index (χ0n) is 13.4. The summed E-state index contributed by atoms with van der Waals surface area (Å²) >= 11 is 0. The van der Waals surface area contributed by atoms with E-state index in [2.05, 4.69) is 15.5 Å². The maximum Gasteiger partial charge on any atom is 0.269 e. The first-order valence-corrected chi connectivity index (χ1v) is 7.90. The average Bonchev–Trinajstić information content (AvgIpc) is 3.21. The maximum absolute atomic E-state index is 12.3. The SMILES string of the molecule is COc1cccc(-c2cc(C(=O)N[C@@H]3C[C@H](CO)[C@H](O)C3)[nH]n2)c1. The molecule has 4 N–H and O–H groups in total. The molecule has 0 aliphatic heterocycles. The summed E-state index contributed by atoms with van der Waals surface area (Å²) in [6.07, 6.45) is 0.447. The van der Waals surface area contributed by atoms with Crippen LogP contribution in [0, 0.1) is 5.92 Å². The Morgan fingerprint density at radius 2 is 2.25 bits per heavy atom. The Hall–Kier alpha value is -2.38. The number of aliphatic hydroxyl groups is 2. The highest BCUT2D eigenvalue weighted by Crippen LogP contribution is 2.26. The molecule has 24 heavy (non-hydrogen) atoms. The molecule has 3 atom stereocenters. The van der Waals surface area contributed by atoms with Crippen molar-refractivity contribution in [1.82, 2.24) is 15.5 Å². The number of nitrogens with one attached hydrogen (secondary N) is 2.